The Kier molecular flexibility index (Phi) is 1.87. The van der Waals surface area contributed by atoms with E-state index >= 15 is 0 Å². The Balaban J connectivity index is 2.95. The van der Waals surface area contributed by atoms with Gasteiger partial charge in [0.05, 0.1) is 5.22 Å². The molecule has 0 saturated carbocycles. The highest BCUT2D eigenvalue weighted by Gasteiger charge is 2.21. The number of nitriles is 2. The monoisotopic (exact) mass is 251 g/mol. The highest BCUT2D eigenvalue weighted by molar-refractivity contribution is 5.52. The highest BCUT2D eigenvalue weighted by Crippen LogP contribution is 2.01. The van der Waals surface area contributed by atoms with Crippen LogP contribution in [0.4, 0.5) is 0 Å². The molecule has 0 unspecified atom stereocenters. The van der Waals surface area contributed by atoms with E-state index < -0.39 is 32.8 Å². The normalized spacial score (nSPS) is 10.6. The fourth-order valence-corrected chi connectivity index (χ4v) is 2.00. The third kappa shape index (κ3) is 1.07. The molecule has 3 rings (SSSR count). The molecule has 1 aliphatic heterocycles. The van der Waals surface area contributed by atoms with E-state index in [0.29, 0.717) is 0 Å². The standard InChI is InChI=1S/C11HN5O3/c12-1-4-5(2-13)9(18)7-6(8(4)17)10-14-3-15-16(10)11(7)19/h3H. The second-order valence-corrected chi connectivity index (χ2v) is 3.68. The summed E-state index contributed by atoms with van der Waals surface area (Å²) in [4.78, 5) is 39.7. The van der Waals surface area contributed by atoms with Crippen molar-refractivity contribution in [1.29, 1.82) is 10.5 Å². The van der Waals surface area contributed by atoms with Crippen LogP contribution in [0.15, 0.2) is 20.7 Å². The molecule has 0 amide bonds. The molecule has 2 heterocycles. The summed E-state index contributed by atoms with van der Waals surface area (Å²) in [7, 11) is 0. The fourth-order valence-electron chi connectivity index (χ4n) is 2.00. The van der Waals surface area contributed by atoms with E-state index in [1.807, 2.05) is 0 Å². The Morgan fingerprint density at radius 3 is 2.16 bits per heavy atom. The summed E-state index contributed by atoms with van der Waals surface area (Å²) >= 11 is 0. The maximum Gasteiger partial charge on any atom is 0.285 e. The van der Waals surface area contributed by atoms with Crippen molar-refractivity contribution in [3.63, 3.8) is 0 Å². The van der Waals surface area contributed by atoms with Crippen LogP contribution in [0.1, 0.15) is 11.1 Å². The molecule has 0 N–H and O–H groups in total. The minimum atomic E-state index is -0.939. The lowest BCUT2D eigenvalue weighted by Crippen LogP contribution is -2.25. The zero-order chi connectivity index (χ0) is 13.7. The summed E-state index contributed by atoms with van der Waals surface area (Å²) in [6.45, 7) is 0. The van der Waals surface area contributed by atoms with E-state index in [2.05, 4.69) is 10.1 Å². The summed E-state index contributed by atoms with van der Waals surface area (Å²) in [5.41, 5.74) is -3.88. The van der Waals surface area contributed by atoms with Crippen molar-refractivity contribution in [2.24, 2.45) is 0 Å². The molecule has 0 saturated heterocycles. The zero-order valence-corrected chi connectivity index (χ0v) is 9.04. The van der Waals surface area contributed by atoms with Gasteiger partial charge in [0.2, 0.25) is 10.9 Å². The van der Waals surface area contributed by atoms with Gasteiger partial charge in [-0.05, 0) is 0 Å². The molecule has 1 aromatic heterocycles. The Morgan fingerprint density at radius 2 is 1.58 bits per heavy atom. The van der Waals surface area contributed by atoms with Crippen LogP contribution in [0.3, 0.4) is 0 Å². The SMILES string of the molecule is N#Cc1c(C#N)c(=O)c2c3ncnn3c(=O)c=2c1=O. The van der Waals surface area contributed by atoms with Crippen molar-refractivity contribution < 1.29 is 0 Å². The Labute approximate surface area is 102 Å². The quantitative estimate of drug-likeness (QED) is 0.458. The smallest absolute Gasteiger partial charge is 0.285 e. The molecule has 0 aromatic carbocycles. The molecular formula is C11HN5O3. The van der Waals surface area contributed by atoms with Gasteiger partial charge in [0.1, 0.15) is 34.8 Å². The predicted molar refractivity (Wildman–Crippen MR) is 58.9 cm³/mol. The first-order valence-electron chi connectivity index (χ1n) is 4.95. The number of nitrogens with zero attached hydrogens (tertiary/aromatic N) is 5. The van der Waals surface area contributed by atoms with E-state index in [4.69, 9.17) is 10.5 Å². The van der Waals surface area contributed by atoms with Gasteiger partial charge in [0, 0.05) is 0 Å². The molecule has 0 fully saturated rings. The fraction of sp³-hybridized carbons (Fsp3) is 0. The van der Waals surface area contributed by atoms with Crippen molar-refractivity contribution in [2.75, 3.05) is 0 Å². The third-order valence-electron chi connectivity index (χ3n) is 2.81. The van der Waals surface area contributed by atoms with Crippen LogP contribution < -0.4 is 16.4 Å². The second-order valence-electron chi connectivity index (χ2n) is 3.68. The van der Waals surface area contributed by atoms with Crippen molar-refractivity contribution in [2.45, 2.75) is 0 Å². The van der Waals surface area contributed by atoms with Gasteiger partial charge in [0.25, 0.3) is 5.56 Å². The van der Waals surface area contributed by atoms with E-state index in [9.17, 15) is 14.4 Å². The number of hydrogen-bond donors (Lipinski definition) is 0. The molecule has 8 nitrogen and oxygen atoms in total. The van der Waals surface area contributed by atoms with Crippen molar-refractivity contribution in [3.8, 4) is 12.1 Å². The molecule has 0 radical (unpaired) electrons. The van der Waals surface area contributed by atoms with Crippen LogP contribution in [-0.2, 0) is 0 Å². The van der Waals surface area contributed by atoms with E-state index in [1.54, 1.807) is 0 Å². The van der Waals surface area contributed by atoms with Crippen LogP contribution in [0, 0.1) is 33.1 Å². The molecular weight excluding hydrogens is 250 g/mol. The summed E-state index contributed by atoms with van der Waals surface area (Å²) in [5.74, 6) is 0. The Hall–Kier alpha value is -3.39. The minimum absolute atomic E-state index is 0.0805. The lowest BCUT2D eigenvalue weighted by atomic mass is 10.1. The molecule has 0 bridgehead atoms. The van der Waals surface area contributed by atoms with Crippen molar-refractivity contribution in [3.05, 3.63) is 58.7 Å². The van der Waals surface area contributed by atoms with Gasteiger partial charge in [-0.3, -0.25) is 14.4 Å². The number of hydrogen-bond acceptors (Lipinski definition) is 7. The van der Waals surface area contributed by atoms with Crippen LogP contribution in [0.2, 0.25) is 0 Å². The molecule has 8 heteroatoms. The Bertz CT molecular complexity index is 1140. The summed E-state index contributed by atoms with van der Waals surface area (Å²) < 4.78 is 0.801. The van der Waals surface area contributed by atoms with Gasteiger partial charge >= 0.3 is 0 Å². The summed E-state index contributed by atoms with van der Waals surface area (Å²) in [5, 5.41) is 20.6. The van der Waals surface area contributed by atoms with Gasteiger partial charge in [0.15, 0.2) is 5.65 Å². The lowest BCUT2D eigenvalue weighted by molar-refractivity contribution is 0.929. The van der Waals surface area contributed by atoms with Crippen molar-refractivity contribution in [1.82, 2.24) is 14.6 Å². The van der Waals surface area contributed by atoms with E-state index in [0.717, 1.165) is 10.8 Å². The van der Waals surface area contributed by atoms with Gasteiger partial charge in [-0.15, -0.1) is 0 Å². The van der Waals surface area contributed by atoms with Crippen LogP contribution >= 0.6 is 0 Å². The van der Waals surface area contributed by atoms with Gasteiger partial charge in [-0.25, -0.2) is 4.98 Å². The van der Waals surface area contributed by atoms with Crippen LogP contribution in [0.25, 0.3) is 5.65 Å². The number of aromatic nitrogens is 3. The van der Waals surface area contributed by atoms with E-state index in [1.165, 1.54) is 12.1 Å². The average molecular weight is 251 g/mol. The van der Waals surface area contributed by atoms with Crippen LogP contribution in [0.5, 0.6) is 0 Å². The highest BCUT2D eigenvalue weighted by atomic mass is 16.1. The second kappa shape index (κ2) is 3.31. The maximum atomic E-state index is 12.1. The molecule has 88 valence electrons. The van der Waals surface area contributed by atoms with Gasteiger partial charge < -0.3 is 0 Å². The molecule has 19 heavy (non-hydrogen) atoms. The zero-order valence-electron chi connectivity index (χ0n) is 9.04. The van der Waals surface area contributed by atoms with Gasteiger partial charge in [-0.2, -0.15) is 20.1 Å². The third-order valence-corrected chi connectivity index (χ3v) is 2.81. The Morgan fingerprint density at radius 1 is 1.00 bits per heavy atom. The number of fused-ring (bicyclic) bond motifs is 2. The maximum absolute atomic E-state index is 12.1. The summed E-state index contributed by atoms with van der Waals surface area (Å²) in [6.07, 6.45) is 1.06. The number of rotatable bonds is 0. The largest absolute Gasteiger partial charge is 0.288 e. The molecule has 0 spiro atoms. The molecule has 2 aliphatic rings. The lowest BCUT2D eigenvalue weighted by Gasteiger charge is -1.89. The van der Waals surface area contributed by atoms with Gasteiger partial charge in [-0.1, -0.05) is 0 Å². The summed E-state index contributed by atoms with van der Waals surface area (Å²) in [6, 6.07) is 3.01. The minimum Gasteiger partial charge on any atom is -0.288 e. The van der Waals surface area contributed by atoms with Crippen molar-refractivity contribution >= 4 is 5.65 Å². The first-order valence-corrected chi connectivity index (χ1v) is 4.95. The first-order chi connectivity index (χ1) is 9.11. The van der Waals surface area contributed by atoms with Crippen LogP contribution in [-0.4, -0.2) is 14.6 Å². The average Bonchev–Trinajstić information content (AvgIpc) is 2.96. The predicted octanol–water partition coefficient (Wildman–Crippen LogP) is -1.85. The molecule has 1 aromatic rings. The molecule has 0 atom stereocenters. The van der Waals surface area contributed by atoms with E-state index in [-0.39, 0.29) is 10.9 Å². The molecule has 1 aliphatic carbocycles. The first kappa shape index (κ1) is 10.7. The topological polar surface area (TPSA) is 129 Å².